The number of aromatic nitrogens is 2. The third kappa shape index (κ3) is 2.38. The maximum atomic E-state index is 12.8. The lowest BCUT2D eigenvalue weighted by Gasteiger charge is -2.27. The number of carbonyl (C=O) groups is 1. The molecule has 5 nitrogen and oxygen atoms in total. The first-order chi connectivity index (χ1) is 11.5. The topological polar surface area (TPSA) is 58.1 Å². The zero-order valence-electron chi connectivity index (χ0n) is 13.2. The molecule has 3 heterocycles. The van der Waals surface area contributed by atoms with Crippen LogP contribution in [0, 0.1) is 0 Å². The van der Waals surface area contributed by atoms with Crippen LogP contribution in [0.4, 0.5) is 0 Å². The fraction of sp³-hybridized carbons (Fsp3) is 0.222. The summed E-state index contributed by atoms with van der Waals surface area (Å²) in [5.41, 5.74) is 3.70. The molecule has 0 unspecified atom stereocenters. The average molecular weight is 386 g/mol. The molecule has 6 heteroatoms. The molecule has 0 bridgehead atoms. The van der Waals surface area contributed by atoms with Crippen LogP contribution in [0.25, 0.3) is 10.9 Å². The Kier molecular flexibility index (Phi) is 3.57. The molecular weight excluding hydrogens is 370 g/mol. The molecule has 0 saturated heterocycles. The SMILES string of the molecule is Cn1ccc(C(=O)N2CCc3[nH]c4c(Br)cccc4c3C2)cc1=O. The summed E-state index contributed by atoms with van der Waals surface area (Å²) in [4.78, 5) is 29.8. The van der Waals surface area contributed by atoms with Crippen molar-refractivity contribution >= 4 is 32.7 Å². The van der Waals surface area contributed by atoms with Gasteiger partial charge < -0.3 is 14.5 Å². The highest BCUT2D eigenvalue weighted by atomic mass is 79.9. The molecular formula is C18H16BrN3O2. The van der Waals surface area contributed by atoms with Crippen molar-refractivity contribution < 1.29 is 4.79 Å². The van der Waals surface area contributed by atoms with E-state index in [0.29, 0.717) is 18.7 Å². The van der Waals surface area contributed by atoms with Crippen LogP contribution < -0.4 is 5.56 Å². The number of carbonyl (C=O) groups excluding carboxylic acids is 1. The molecule has 0 spiro atoms. The van der Waals surface area contributed by atoms with Crippen molar-refractivity contribution in [3.63, 3.8) is 0 Å². The standard InChI is InChI=1S/C18H16BrN3O2/c1-21-7-5-11(9-16(21)23)18(24)22-8-6-15-13(10-22)12-3-2-4-14(19)17(12)20-15/h2-5,7,9,20H,6,8,10H2,1H3. The number of rotatable bonds is 1. The minimum Gasteiger partial charge on any atom is -0.357 e. The summed E-state index contributed by atoms with van der Waals surface area (Å²) >= 11 is 3.57. The number of aryl methyl sites for hydroxylation is 1. The number of fused-ring (bicyclic) bond motifs is 3. The molecule has 24 heavy (non-hydrogen) atoms. The summed E-state index contributed by atoms with van der Waals surface area (Å²) in [5, 5.41) is 1.14. The van der Waals surface area contributed by atoms with Crippen LogP contribution in [-0.4, -0.2) is 26.9 Å². The average Bonchev–Trinajstić information content (AvgIpc) is 2.96. The number of nitrogens with one attached hydrogen (secondary N) is 1. The van der Waals surface area contributed by atoms with E-state index in [9.17, 15) is 9.59 Å². The quantitative estimate of drug-likeness (QED) is 0.699. The summed E-state index contributed by atoms with van der Waals surface area (Å²) in [6, 6.07) is 9.19. The highest BCUT2D eigenvalue weighted by Crippen LogP contribution is 2.32. The summed E-state index contributed by atoms with van der Waals surface area (Å²) < 4.78 is 2.49. The van der Waals surface area contributed by atoms with Crippen LogP contribution in [0.1, 0.15) is 21.6 Å². The lowest BCUT2D eigenvalue weighted by atomic mass is 10.0. The minimum absolute atomic E-state index is 0.0947. The van der Waals surface area contributed by atoms with Gasteiger partial charge in [-0.1, -0.05) is 12.1 Å². The molecule has 1 aromatic carbocycles. The molecule has 122 valence electrons. The van der Waals surface area contributed by atoms with E-state index >= 15 is 0 Å². The Bertz CT molecular complexity index is 1020. The van der Waals surface area contributed by atoms with E-state index < -0.39 is 0 Å². The van der Waals surface area contributed by atoms with E-state index in [0.717, 1.165) is 27.4 Å². The van der Waals surface area contributed by atoms with Gasteiger partial charge >= 0.3 is 0 Å². The first kappa shape index (κ1) is 15.2. The largest absolute Gasteiger partial charge is 0.357 e. The summed E-state index contributed by atoms with van der Waals surface area (Å²) in [5.74, 6) is -0.0947. The van der Waals surface area contributed by atoms with Gasteiger partial charge in [-0.2, -0.15) is 0 Å². The molecule has 0 fully saturated rings. The van der Waals surface area contributed by atoms with Crippen molar-refractivity contribution in [2.45, 2.75) is 13.0 Å². The lowest BCUT2D eigenvalue weighted by molar-refractivity contribution is 0.0734. The van der Waals surface area contributed by atoms with Gasteiger partial charge in [-0.3, -0.25) is 9.59 Å². The highest BCUT2D eigenvalue weighted by molar-refractivity contribution is 9.10. The second kappa shape index (κ2) is 5.63. The number of hydrogen-bond donors (Lipinski definition) is 1. The predicted molar refractivity (Wildman–Crippen MR) is 96.1 cm³/mol. The van der Waals surface area contributed by atoms with E-state index in [1.165, 1.54) is 16.3 Å². The van der Waals surface area contributed by atoms with Gasteiger partial charge in [-0.25, -0.2) is 0 Å². The van der Waals surface area contributed by atoms with Crippen molar-refractivity contribution in [3.8, 4) is 0 Å². The molecule has 0 saturated carbocycles. The molecule has 1 N–H and O–H groups in total. The smallest absolute Gasteiger partial charge is 0.254 e. The first-order valence-corrected chi connectivity index (χ1v) is 8.58. The van der Waals surface area contributed by atoms with Crippen molar-refractivity contribution in [2.24, 2.45) is 7.05 Å². The highest BCUT2D eigenvalue weighted by Gasteiger charge is 2.25. The normalized spacial score (nSPS) is 14.0. The number of amides is 1. The zero-order valence-corrected chi connectivity index (χ0v) is 14.8. The monoisotopic (exact) mass is 385 g/mol. The second-order valence-electron chi connectivity index (χ2n) is 6.09. The number of pyridine rings is 1. The maximum Gasteiger partial charge on any atom is 0.254 e. The summed E-state index contributed by atoms with van der Waals surface area (Å²) in [6.07, 6.45) is 2.42. The molecule has 0 aliphatic carbocycles. The Morgan fingerprint density at radius 3 is 2.92 bits per heavy atom. The van der Waals surface area contributed by atoms with Gasteiger partial charge in [0, 0.05) is 65.5 Å². The number of halogens is 1. The van der Waals surface area contributed by atoms with E-state index in [2.05, 4.69) is 27.0 Å². The van der Waals surface area contributed by atoms with E-state index in [1.54, 1.807) is 19.3 Å². The number of benzene rings is 1. The number of nitrogens with zero attached hydrogens (tertiary/aromatic N) is 2. The molecule has 1 aliphatic rings. The first-order valence-electron chi connectivity index (χ1n) is 7.78. The summed E-state index contributed by atoms with van der Waals surface area (Å²) in [7, 11) is 1.67. The van der Waals surface area contributed by atoms with E-state index in [1.807, 2.05) is 17.0 Å². The van der Waals surface area contributed by atoms with Crippen LogP contribution in [0.15, 0.2) is 45.8 Å². The van der Waals surface area contributed by atoms with Gasteiger partial charge in [-0.05, 0) is 28.1 Å². The fourth-order valence-corrected chi connectivity index (χ4v) is 3.71. The predicted octanol–water partition coefficient (Wildman–Crippen LogP) is 2.83. The Morgan fingerprint density at radius 1 is 1.29 bits per heavy atom. The van der Waals surface area contributed by atoms with Crippen LogP contribution in [0.5, 0.6) is 0 Å². The molecule has 2 aromatic heterocycles. The maximum absolute atomic E-state index is 12.8. The number of para-hydroxylation sites is 1. The fourth-order valence-electron chi connectivity index (χ4n) is 3.24. The van der Waals surface area contributed by atoms with E-state index in [4.69, 9.17) is 0 Å². The Hall–Kier alpha value is -2.34. The third-order valence-electron chi connectivity index (χ3n) is 4.60. The number of H-pyrrole nitrogens is 1. The van der Waals surface area contributed by atoms with Gasteiger partial charge in [0.15, 0.2) is 0 Å². The molecule has 0 atom stereocenters. The molecule has 4 rings (SSSR count). The molecule has 0 radical (unpaired) electrons. The van der Waals surface area contributed by atoms with Gasteiger partial charge in [0.25, 0.3) is 11.5 Å². The van der Waals surface area contributed by atoms with Crippen LogP contribution in [-0.2, 0) is 20.0 Å². The number of hydrogen-bond acceptors (Lipinski definition) is 2. The Balaban J connectivity index is 1.70. The second-order valence-corrected chi connectivity index (χ2v) is 6.94. The van der Waals surface area contributed by atoms with Crippen molar-refractivity contribution in [1.29, 1.82) is 0 Å². The van der Waals surface area contributed by atoms with Gasteiger partial charge in [-0.15, -0.1) is 0 Å². The molecule has 1 aliphatic heterocycles. The van der Waals surface area contributed by atoms with Crippen molar-refractivity contribution in [3.05, 3.63) is 68.2 Å². The molecule has 1 amide bonds. The number of aromatic amines is 1. The van der Waals surface area contributed by atoms with Crippen molar-refractivity contribution in [1.82, 2.24) is 14.5 Å². The lowest BCUT2D eigenvalue weighted by Crippen LogP contribution is -2.36. The van der Waals surface area contributed by atoms with Gasteiger partial charge in [0.1, 0.15) is 0 Å². The summed E-state index contributed by atoms with van der Waals surface area (Å²) in [6.45, 7) is 1.20. The Labute approximate surface area is 147 Å². The molecule has 3 aromatic rings. The van der Waals surface area contributed by atoms with Gasteiger partial charge in [0.05, 0.1) is 5.52 Å². The third-order valence-corrected chi connectivity index (χ3v) is 5.26. The van der Waals surface area contributed by atoms with E-state index in [-0.39, 0.29) is 11.5 Å². The minimum atomic E-state index is -0.172. The van der Waals surface area contributed by atoms with Gasteiger partial charge in [0.2, 0.25) is 0 Å². The van der Waals surface area contributed by atoms with Crippen LogP contribution in [0.3, 0.4) is 0 Å². The van der Waals surface area contributed by atoms with Crippen LogP contribution >= 0.6 is 15.9 Å². The zero-order chi connectivity index (χ0) is 16.8. The van der Waals surface area contributed by atoms with Crippen LogP contribution in [0.2, 0.25) is 0 Å². The van der Waals surface area contributed by atoms with Crippen molar-refractivity contribution in [2.75, 3.05) is 6.54 Å². The Morgan fingerprint density at radius 2 is 2.12 bits per heavy atom.